The van der Waals surface area contributed by atoms with Crippen LogP contribution < -0.4 is 5.32 Å². The molecule has 2 N–H and O–H groups in total. The van der Waals surface area contributed by atoms with Crippen molar-refractivity contribution < 1.29 is 9.90 Å². The Hall–Kier alpha value is -2.40. The van der Waals surface area contributed by atoms with Crippen LogP contribution in [0, 0.1) is 0 Å². The van der Waals surface area contributed by atoms with Gasteiger partial charge in [-0.15, -0.1) is 11.3 Å². The van der Waals surface area contributed by atoms with Crippen LogP contribution in [-0.2, 0) is 6.54 Å². The molecule has 4 nitrogen and oxygen atoms in total. The lowest BCUT2D eigenvalue weighted by molar-refractivity contribution is 0.0690. The van der Waals surface area contributed by atoms with Gasteiger partial charge in [-0.1, -0.05) is 6.07 Å². The third-order valence-corrected chi connectivity index (χ3v) is 3.85. The summed E-state index contributed by atoms with van der Waals surface area (Å²) in [6, 6.07) is 13.2. The number of benzene rings is 1. The summed E-state index contributed by atoms with van der Waals surface area (Å²) in [5.74, 6) is -1.01. The van der Waals surface area contributed by atoms with Crippen molar-refractivity contribution in [1.29, 1.82) is 0 Å². The van der Waals surface area contributed by atoms with Gasteiger partial charge in [0.15, 0.2) is 0 Å². The molecule has 2 aromatic heterocycles. The van der Waals surface area contributed by atoms with Crippen molar-refractivity contribution in [3.63, 3.8) is 0 Å². The fraction of sp³-hybridized carbons (Fsp3) is 0.0667. The topological polar surface area (TPSA) is 62.2 Å². The molecule has 0 saturated carbocycles. The number of carboxylic acid groups (broad SMARTS) is 1. The van der Waals surface area contributed by atoms with Crippen molar-refractivity contribution in [3.05, 3.63) is 59.2 Å². The van der Waals surface area contributed by atoms with Crippen molar-refractivity contribution in [2.45, 2.75) is 6.54 Å². The van der Waals surface area contributed by atoms with Crippen LogP contribution >= 0.6 is 11.3 Å². The minimum Gasteiger partial charge on any atom is -0.477 e. The summed E-state index contributed by atoms with van der Waals surface area (Å²) >= 11 is 1.71. The number of carbonyl (C=O) groups is 1. The Morgan fingerprint density at radius 2 is 2.15 bits per heavy atom. The molecular formula is C15H12N2O2S. The molecule has 5 heteroatoms. The number of rotatable bonds is 4. The Morgan fingerprint density at radius 3 is 3.00 bits per heavy atom. The maximum atomic E-state index is 10.9. The van der Waals surface area contributed by atoms with Crippen LogP contribution in [0.4, 0.5) is 5.69 Å². The lowest BCUT2D eigenvalue weighted by atomic mass is 10.2. The molecule has 20 heavy (non-hydrogen) atoms. The Labute approximate surface area is 119 Å². The highest BCUT2D eigenvalue weighted by Gasteiger charge is 2.05. The Balaban J connectivity index is 1.75. The minimum atomic E-state index is -1.01. The lowest BCUT2D eigenvalue weighted by Crippen LogP contribution is -2.06. The molecule has 0 fully saturated rings. The number of nitrogens with zero attached hydrogens (tertiary/aromatic N) is 1. The van der Waals surface area contributed by atoms with Crippen molar-refractivity contribution >= 4 is 33.1 Å². The highest BCUT2D eigenvalue weighted by molar-refractivity contribution is 7.17. The Kier molecular flexibility index (Phi) is 3.35. The average molecular weight is 284 g/mol. The molecule has 0 saturated heterocycles. The van der Waals surface area contributed by atoms with E-state index in [1.165, 1.54) is 16.2 Å². The van der Waals surface area contributed by atoms with Crippen LogP contribution in [0.25, 0.3) is 10.1 Å². The number of fused-ring (bicyclic) bond motifs is 1. The SMILES string of the molecule is O=C(O)c1cccc(CNc2ccc3sccc3c2)n1. The van der Waals surface area contributed by atoms with Gasteiger partial charge < -0.3 is 10.4 Å². The van der Waals surface area contributed by atoms with Gasteiger partial charge in [-0.2, -0.15) is 0 Å². The molecule has 0 aliphatic heterocycles. The second-order valence-corrected chi connectivity index (χ2v) is 5.29. The van der Waals surface area contributed by atoms with Crippen LogP contribution in [0.1, 0.15) is 16.2 Å². The molecule has 0 amide bonds. The monoisotopic (exact) mass is 284 g/mol. The van der Waals surface area contributed by atoms with Gasteiger partial charge in [-0.05, 0) is 47.2 Å². The summed E-state index contributed by atoms with van der Waals surface area (Å²) in [7, 11) is 0. The summed E-state index contributed by atoms with van der Waals surface area (Å²) in [6.07, 6.45) is 0. The van der Waals surface area contributed by atoms with Crippen LogP contribution in [0.3, 0.4) is 0 Å². The second kappa shape index (κ2) is 5.30. The molecule has 3 rings (SSSR count). The number of hydrogen-bond acceptors (Lipinski definition) is 4. The average Bonchev–Trinajstić information content (AvgIpc) is 2.93. The third-order valence-electron chi connectivity index (χ3n) is 2.95. The molecule has 3 aromatic rings. The number of aromatic carboxylic acids is 1. The van der Waals surface area contributed by atoms with Gasteiger partial charge in [0.05, 0.1) is 12.2 Å². The fourth-order valence-electron chi connectivity index (χ4n) is 1.97. The fourth-order valence-corrected chi connectivity index (χ4v) is 2.74. The van der Waals surface area contributed by atoms with Gasteiger partial charge in [0.25, 0.3) is 0 Å². The Bertz CT molecular complexity index is 767. The number of aromatic nitrogens is 1. The van der Waals surface area contributed by atoms with Crippen LogP contribution in [0.15, 0.2) is 47.8 Å². The van der Waals surface area contributed by atoms with Gasteiger partial charge in [0.1, 0.15) is 5.69 Å². The number of hydrogen-bond donors (Lipinski definition) is 2. The first-order valence-corrected chi connectivity index (χ1v) is 7.01. The molecule has 0 aliphatic carbocycles. The highest BCUT2D eigenvalue weighted by atomic mass is 32.1. The lowest BCUT2D eigenvalue weighted by Gasteiger charge is -2.06. The van der Waals surface area contributed by atoms with E-state index in [1.807, 2.05) is 12.1 Å². The normalized spacial score (nSPS) is 10.6. The van der Waals surface area contributed by atoms with E-state index in [0.717, 1.165) is 5.69 Å². The Morgan fingerprint density at radius 1 is 1.25 bits per heavy atom. The van der Waals surface area contributed by atoms with E-state index < -0.39 is 5.97 Å². The highest BCUT2D eigenvalue weighted by Crippen LogP contribution is 2.24. The summed E-state index contributed by atoms with van der Waals surface area (Å²) < 4.78 is 1.25. The van der Waals surface area contributed by atoms with Crippen LogP contribution in [0.5, 0.6) is 0 Å². The van der Waals surface area contributed by atoms with Gasteiger partial charge in [-0.3, -0.25) is 0 Å². The van der Waals surface area contributed by atoms with E-state index in [1.54, 1.807) is 17.4 Å². The molecule has 0 spiro atoms. The molecule has 1 aromatic carbocycles. The maximum absolute atomic E-state index is 10.9. The van der Waals surface area contributed by atoms with Crippen molar-refractivity contribution in [1.82, 2.24) is 4.98 Å². The molecule has 0 aliphatic rings. The predicted octanol–water partition coefficient (Wildman–Crippen LogP) is 3.61. The first-order chi connectivity index (χ1) is 9.72. The maximum Gasteiger partial charge on any atom is 0.354 e. The molecule has 0 unspecified atom stereocenters. The first-order valence-electron chi connectivity index (χ1n) is 6.13. The second-order valence-electron chi connectivity index (χ2n) is 4.35. The van der Waals surface area contributed by atoms with Crippen LogP contribution in [-0.4, -0.2) is 16.1 Å². The molecule has 0 radical (unpaired) electrons. The predicted molar refractivity (Wildman–Crippen MR) is 80.3 cm³/mol. The van der Waals surface area contributed by atoms with E-state index in [4.69, 9.17) is 5.11 Å². The first kappa shape index (κ1) is 12.6. The summed E-state index contributed by atoms with van der Waals surface area (Å²) in [5.41, 5.74) is 1.77. The van der Waals surface area contributed by atoms with Crippen molar-refractivity contribution in [2.24, 2.45) is 0 Å². The molecule has 0 bridgehead atoms. The van der Waals surface area contributed by atoms with Crippen LogP contribution in [0.2, 0.25) is 0 Å². The minimum absolute atomic E-state index is 0.0672. The van der Waals surface area contributed by atoms with Crippen molar-refractivity contribution in [3.8, 4) is 0 Å². The number of anilines is 1. The number of pyridine rings is 1. The quantitative estimate of drug-likeness (QED) is 0.768. The zero-order chi connectivity index (χ0) is 13.9. The smallest absolute Gasteiger partial charge is 0.354 e. The molecule has 0 atom stereocenters. The molecule has 100 valence electrons. The number of thiophene rings is 1. The summed E-state index contributed by atoms with van der Waals surface area (Å²) in [4.78, 5) is 14.9. The van der Waals surface area contributed by atoms with E-state index >= 15 is 0 Å². The van der Waals surface area contributed by atoms with Crippen molar-refractivity contribution in [2.75, 3.05) is 5.32 Å². The van der Waals surface area contributed by atoms with E-state index in [0.29, 0.717) is 12.2 Å². The third kappa shape index (κ3) is 2.62. The number of carboxylic acids is 1. The zero-order valence-corrected chi connectivity index (χ0v) is 11.4. The summed E-state index contributed by atoms with van der Waals surface area (Å²) in [5, 5.41) is 15.4. The van der Waals surface area contributed by atoms with E-state index in [9.17, 15) is 4.79 Å². The largest absolute Gasteiger partial charge is 0.477 e. The van der Waals surface area contributed by atoms with Gasteiger partial charge >= 0.3 is 5.97 Å². The number of nitrogens with one attached hydrogen (secondary N) is 1. The van der Waals surface area contributed by atoms with Gasteiger partial charge in [0.2, 0.25) is 0 Å². The standard InChI is InChI=1S/C15H12N2O2S/c18-15(19)13-3-1-2-12(17-13)9-16-11-4-5-14-10(8-11)6-7-20-14/h1-8,16H,9H2,(H,18,19). The van der Waals surface area contributed by atoms with Gasteiger partial charge in [0, 0.05) is 10.4 Å². The van der Waals surface area contributed by atoms with E-state index in [2.05, 4.69) is 33.9 Å². The van der Waals surface area contributed by atoms with Gasteiger partial charge in [-0.25, -0.2) is 9.78 Å². The molecule has 2 heterocycles. The molecular weight excluding hydrogens is 272 g/mol. The van der Waals surface area contributed by atoms with E-state index in [-0.39, 0.29) is 5.69 Å². The zero-order valence-electron chi connectivity index (χ0n) is 10.5. The summed E-state index contributed by atoms with van der Waals surface area (Å²) in [6.45, 7) is 0.497.